The summed E-state index contributed by atoms with van der Waals surface area (Å²) in [6, 6.07) is 2.78. The molecule has 0 aliphatic carbocycles. The Bertz CT molecular complexity index is 437. The quantitative estimate of drug-likeness (QED) is 0.567. The monoisotopic (exact) mass is 287 g/mol. The highest BCUT2D eigenvalue weighted by Crippen LogP contribution is 2.31. The van der Waals surface area contributed by atoms with Crippen LogP contribution in [0.3, 0.4) is 0 Å². The first kappa shape index (κ1) is 15.6. The topological polar surface area (TPSA) is 81.8 Å². The molecule has 0 unspecified atom stereocenters. The molecule has 1 rings (SSSR count). The smallest absolute Gasteiger partial charge is 0.339 e. The van der Waals surface area contributed by atoms with Crippen LogP contribution in [-0.4, -0.2) is 30.9 Å². The summed E-state index contributed by atoms with van der Waals surface area (Å²) in [6.45, 7) is 3.38. The molecule has 0 radical (unpaired) electrons. The van der Waals surface area contributed by atoms with Crippen LogP contribution < -0.4 is 10.5 Å². The largest absolute Gasteiger partial charge is 0.489 e. The van der Waals surface area contributed by atoms with Gasteiger partial charge in [0.2, 0.25) is 0 Å². The van der Waals surface area contributed by atoms with E-state index in [1.165, 1.54) is 12.1 Å². The van der Waals surface area contributed by atoms with Gasteiger partial charge in [-0.25, -0.2) is 4.79 Å². The van der Waals surface area contributed by atoms with Gasteiger partial charge in [-0.3, -0.25) is 0 Å². The lowest BCUT2D eigenvalue weighted by Crippen LogP contribution is -2.11. The highest BCUT2D eigenvalue weighted by Gasteiger charge is 2.16. The third-order valence-corrected chi connectivity index (χ3v) is 2.69. The number of hydrogen-bond acceptors (Lipinski definition) is 4. The Morgan fingerprint density at radius 3 is 2.74 bits per heavy atom. The lowest BCUT2D eigenvalue weighted by molar-refractivity contribution is 0.0685. The molecule has 1 aromatic rings. The van der Waals surface area contributed by atoms with E-state index in [2.05, 4.69) is 6.92 Å². The van der Waals surface area contributed by atoms with Gasteiger partial charge in [0, 0.05) is 12.3 Å². The van der Waals surface area contributed by atoms with Crippen molar-refractivity contribution in [3.63, 3.8) is 0 Å². The van der Waals surface area contributed by atoms with E-state index in [9.17, 15) is 4.79 Å². The van der Waals surface area contributed by atoms with Gasteiger partial charge >= 0.3 is 5.97 Å². The average molecular weight is 288 g/mol. The van der Waals surface area contributed by atoms with Crippen LogP contribution in [-0.2, 0) is 4.74 Å². The Balaban J connectivity index is 2.59. The number of ether oxygens (including phenoxy) is 2. The van der Waals surface area contributed by atoms with E-state index in [-0.39, 0.29) is 28.6 Å². The van der Waals surface area contributed by atoms with Gasteiger partial charge in [0.25, 0.3) is 0 Å². The number of carboxylic acid groups (broad SMARTS) is 1. The number of carbonyl (C=O) groups is 1. The molecule has 0 spiro atoms. The van der Waals surface area contributed by atoms with Crippen LogP contribution in [0.25, 0.3) is 0 Å². The molecular formula is C13H18ClNO4. The highest BCUT2D eigenvalue weighted by molar-refractivity contribution is 6.33. The Kier molecular flexibility index (Phi) is 6.45. The summed E-state index contributed by atoms with van der Waals surface area (Å²) in [6.07, 6.45) is 2.05. The molecular weight excluding hydrogens is 270 g/mol. The zero-order chi connectivity index (χ0) is 14.3. The first-order chi connectivity index (χ1) is 9.06. The van der Waals surface area contributed by atoms with Crippen LogP contribution in [0.2, 0.25) is 5.02 Å². The van der Waals surface area contributed by atoms with Gasteiger partial charge in [0.1, 0.15) is 12.2 Å². The summed E-state index contributed by atoms with van der Waals surface area (Å²) in [4.78, 5) is 11.1. The molecule has 0 saturated heterocycles. The number of hydrogen-bond donors (Lipinski definition) is 2. The molecule has 0 fully saturated rings. The minimum absolute atomic E-state index is 0.0430. The van der Waals surface area contributed by atoms with Crippen molar-refractivity contribution in [1.82, 2.24) is 0 Å². The van der Waals surface area contributed by atoms with Crippen LogP contribution in [0.5, 0.6) is 5.75 Å². The van der Waals surface area contributed by atoms with Crippen molar-refractivity contribution in [2.24, 2.45) is 0 Å². The number of carboxylic acids is 1. The predicted octanol–water partition coefficient (Wildman–Crippen LogP) is 2.82. The van der Waals surface area contributed by atoms with Crippen molar-refractivity contribution in [3.05, 3.63) is 22.7 Å². The normalized spacial score (nSPS) is 10.4. The van der Waals surface area contributed by atoms with Gasteiger partial charge in [0.05, 0.1) is 11.6 Å². The van der Waals surface area contributed by atoms with Crippen LogP contribution in [0.1, 0.15) is 30.1 Å². The van der Waals surface area contributed by atoms with E-state index in [4.69, 9.17) is 31.9 Å². The first-order valence-electron chi connectivity index (χ1n) is 6.09. The molecule has 0 aliphatic heterocycles. The fourth-order valence-corrected chi connectivity index (χ4v) is 1.75. The third-order valence-electron chi connectivity index (χ3n) is 2.41. The van der Waals surface area contributed by atoms with Gasteiger partial charge in [-0.2, -0.15) is 0 Å². The number of benzene rings is 1. The van der Waals surface area contributed by atoms with Gasteiger partial charge < -0.3 is 20.3 Å². The Hall–Kier alpha value is -1.46. The molecule has 19 heavy (non-hydrogen) atoms. The Labute approximate surface area is 117 Å². The summed E-state index contributed by atoms with van der Waals surface area (Å²) in [7, 11) is 0. The maximum absolute atomic E-state index is 11.1. The second-order valence-corrected chi connectivity index (χ2v) is 4.41. The van der Waals surface area contributed by atoms with E-state index in [0.29, 0.717) is 13.2 Å². The number of unbranched alkanes of at least 4 members (excludes halogenated alkanes) is 1. The Morgan fingerprint density at radius 2 is 2.11 bits per heavy atom. The zero-order valence-electron chi connectivity index (χ0n) is 10.8. The molecule has 6 heteroatoms. The molecule has 5 nitrogen and oxygen atoms in total. The summed E-state index contributed by atoms with van der Waals surface area (Å²) in [5.74, 6) is -1.00. The van der Waals surface area contributed by atoms with Crippen LogP contribution in [0, 0.1) is 0 Å². The average Bonchev–Trinajstić information content (AvgIpc) is 2.34. The zero-order valence-corrected chi connectivity index (χ0v) is 11.6. The van der Waals surface area contributed by atoms with Crippen molar-refractivity contribution >= 4 is 23.3 Å². The molecule has 0 heterocycles. The number of rotatable bonds is 8. The number of anilines is 1. The lowest BCUT2D eigenvalue weighted by Gasteiger charge is -2.12. The molecule has 0 aliphatic rings. The molecule has 0 atom stereocenters. The molecule has 1 aromatic carbocycles. The maximum atomic E-state index is 11.1. The molecule has 0 aromatic heterocycles. The third kappa shape index (κ3) is 4.96. The van der Waals surface area contributed by atoms with Crippen molar-refractivity contribution in [1.29, 1.82) is 0 Å². The van der Waals surface area contributed by atoms with Crippen molar-refractivity contribution in [2.45, 2.75) is 19.8 Å². The van der Waals surface area contributed by atoms with Gasteiger partial charge in [-0.1, -0.05) is 24.9 Å². The van der Waals surface area contributed by atoms with Gasteiger partial charge in [-0.05, 0) is 18.6 Å². The van der Waals surface area contributed by atoms with E-state index in [1.807, 2.05) is 0 Å². The number of aromatic carboxylic acids is 1. The minimum atomic E-state index is -1.13. The predicted molar refractivity (Wildman–Crippen MR) is 74.0 cm³/mol. The highest BCUT2D eigenvalue weighted by atomic mass is 35.5. The summed E-state index contributed by atoms with van der Waals surface area (Å²) in [5.41, 5.74) is 5.79. The SMILES string of the molecule is CCCCOCCOc1c(Cl)cc(N)cc1C(=O)O. The summed E-state index contributed by atoms with van der Waals surface area (Å²) >= 11 is 5.93. The van der Waals surface area contributed by atoms with Crippen molar-refractivity contribution in [2.75, 3.05) is 25.6 Å². The molecule has 106 valence electrons. The van der Waals surface area contributed by atoms with Crippen molar-refractivity contribution in [3.8, 4) is 5.75 Å². The molecule has 0 bridgehead atoms. The number of nitrogen functional groups attached to an aromatic ring is 1. The second kappa shape index (κ2) is 7.86. The second-order valence-electron chi connectivity index (χ2n) is 4.00. The maximum Gasteiger partial charge on any atom is 0.339 e. The van der Waals surface area contributed by atoms with Crippen LogP contribution >= 0.6 is 11.6 Å². The standard InChI is InChI=1S/C13H18ClNO4/c1-2-3-4-18-5-6-19-12-10(13(16)17)7-9(15)8-11(12)14/h7-8H,2-6,15H2,1H3,(H,16,17). The summed E-state index contributed by atoms with van der Waals surface area (Å²) in [5, 5.41) is 9.25. The van der Waals surface area contributed by atoms with E-state index < -0.39 is 5.97 Å². The molecule has 0 amide bonds. The molecule has 0 saturated carbocycles. The fourth-order valence-electron chi connectivity index (χ4n) is 1.47. The van der Waals surface area contributed by atoms with Crippen LogP contribution in [0.15, 0.2) is 12.1 Å². The van der Waals surface area contributed by atoms with E-state index >= 15 is 0 Å². The van der Waals surface area contributed by atoms with Gasteiger partial charge in [-0.15, -0.1) is 0 Å². The van der Waals surface area contributed by atoms with E-state index in [0.717, 1.165) is 12.8 Å². The van der Waals surface area contributed by atoms with Gasteiger partial charge in [0.15, 0.2) is 5.75 Å². The first-order valence-corrected chi connectivity index (χ1v) is 6.47. The number of halogens is 1. The number of nitrogens with two attached hydrogens (primary N) is 1. The molecule has 3 N–H and O–H groups in total. The Morgan fingerprint density at radius 1 is 1.37 bits per heavy atom. The minimum Gasteiger partial charge on any atom is -0.489 e. The van der Waals surface area contributed by atoms with Crippen molar-refractivity contribution < 1.29 is 19.4 Å². The lowest BCUT2D eigenvalue weighted by atomic mass is 10.2. The van der Waals surface area contributed by atoms with Crippen LogP contribution in [0.4, 0.5) is 5.69 Å². The summed E-state index contributed by atoms with van der Waals surface area (Å²) < 4.78 is 10.7. The fraction of sp³-hybridized carbons (Fsp3) is 0.462. The van der Waals surface area contributed by atoms with E-state index in [1.54, 1.807) is 0 Å².